The minimum absolute atomic E-state index is 0. The lowest BCUT2D eigenvalue weighted by molar-refractivity contribution is -0.121. The van der Waals surface area contributed by atoms with Crippen molar-refractivity contribution in [3.05, 3.63) is 71.8 Å². The summed E-state index contributed by atoms with van der Waals surface area (Å²) in [5.74, 6) is 0.0305. The molecule has 2 unspecified atom stereocenters. The molecule has 27 heavy (non-hydrogen) atoms. The van der Waals surface area contributed by atoms with Gasteiger partial charge in [0.15, 0.2) is 0 Å². The number of halogens is 2. The second kappa shape index (κ2) is 12.0. The third kappa shape index (κ3) is 7.15. The number of nitrogens with one attached hydrogen (secondary N) is 1. The van der Waals surface area contributed by atoms with E-state index in [2.05, 4.69) is 34.5 Å². The lowest BCUT2D eigenvalue weighted by atomic mass is 10.0. The molecule has 3 N–H and O–H groups in total. The first kappa shape index (κ1) is 23.4. The van der Waals surface area contributed by atoms with Gasteiger partial charge in [0.2, 0.25) is 5.91 Å². The van der Waals surface area contributed by atoms with Gasteiger partial charge in [-0.3, -0.25) is 9.69 Å². The van der Waals surface area contributed by atoms with Gasteiger partial charge in [-0.05, 0) is 30.5 Å². The Morgan fingerprint density at radius 2 is 1.70 bits per heavy atom. The fourth-order valence-electron chi connectivity index (χ4n) is 3.47. The van der Waals surface area contributed by atoms with Crippen LogP contribution in [0.2, 0.25) is 0 Å². The molecule has 3 rings (SSSR count). The number of hydrogen-bond donors (Lipinski definition) is 2. The average molecular weight is 410 g/mol. The molecule has 6 heteroatoms. The number of nitrogens with two attached hydrogens (primary N) is 1. The molecule has 2 aromatic carbocycles. The van der Waals surface area contributed by atoms with E-state index >= 15 is 0 Å². The van der Waals surface area contributed by atoms with E-state index in [0.717, 1.165) is 25.1 Å². The molecule has 148 valence electrons. The summed E-state index contributed by atoms with van der Waals surface area (Å²) in [6.07, 6.45) is 2.66. The fraction of sp³-hybridized carbons (Fsp3) is 0.381. The summed E-state index contributed by atoms with van der Waals surface area (Å²) in [7, 11) is 0. The number of benzene rings is 2. The highest BCUT2D eigenvalue weighted by Gasteiger charge is 2.25. The summed E-state index contributed by atoms with van der Waals surface area (Å²) in [5.41, 5.74) is 8.47. The molecule has 0 radical (unpaired) electrons. The van der Waals surface area contributed by atoms with Crippen LogP contribution in [0.25, 0.3) is 0 Å². The second-order valence-corrected chi connectivity index (χ2v) is 6.78. The van der Waals surface area contributed by atoms with Gasteiger partial charge in [-0.25, -0.2) is 0 Å². The van der Waals surface area contributed by atoms with E-state index in [0.29, 0.717) is 19.0 Å². The van der Waals surface area contributed by atoms with Crippen LogP contribution in [0.15, 0.2) is 60.7 Å². The third-order valence-corrected chi connectivity index (χ3v) is 4.90. The smallest absolute Gasteiger partial charge is 0.221 e. The van der Waals surface area contributed by atoms with E-state index in [9.17, 15) is 4.79 Å². The van der Waals surface area contributed by atoms with Crippen LogP contribution in [-0.2, 0) is 11.3 Å². The van der Waals surface area contributed by atoms with Crippen molar-refractivity contribution in [2.24, 2.45) is 5.73 Å². The Kier molecular flexibility index (Phi) is 10.4. The van der Waals surface area contributed by atoms with Crippen LogP contribution in [-0.4, -0.2) is 29.9 Å². The molecule has 1 saturated heterocycles. The zero-order chi connectivity index (χ0) is 17.5. The number of carbonyl (C=O) groups excluding carboxylic acids is 1. The number of carbonyl (C=O) groups is 1. The number of amides is 1. The lowest BCUT2D eigenvalue weighted by Crippen LogP contribution is -2.40. The van der Waals surface area contributed by atoms with E-state index in [-0.39, 0.29) is 36.8 Å². The largest absolute Gasteiger partial charge is 0.354 e. The maximum Gasteiger partial charge on any atom is 0.221 e. The average Bonchev–Trinajstić information content (AvgIpc) is 3.08. The van der Waals surface area contributed by atoms with Crippen molar-refractivity contribution in [2.75, 3.05) is 13.1 Å². The molecule has 0 bridgehead atoms. The number of nitrogens with zero attached hydrogens (tertiary/aromatic N) is 1. The molecule has 1 fully saturated rings. The maximum absolute atomic E-state index is 12.2. The maximum atomic E-state index is 12.2. The normalized spacial score (nSPS) is 17.4. The fourth-order valence-corrected chi connectivity index (χ4v) is 3.47. The Hall–Kier alpha value is -1.59. The highest BCUT2D eigenvalue weighted by Crippen LogP contribution is 2.20. The predicted molar refractivity (Wildman–Crippen MR) is 115 cm³/mol. The quantitative estimate of drug-likeness (QED) is 0.732. The van der Waals surface area contributed by atoms with E-state index in [1.54, 1.807) is 0 Å². The first-order chi connectivity index (χ1) is 12.2. The van der Waals surface area contributed by atoms with Gasteiger partial charge in [0, 0.05) is 31.6 Å². The zero-order valence-corrected chi connectivity index (χ0v) is 17.1. The Balaban J connectivity index is 0.00000182. The van der Waals surface area contributed by atoms with Gasteiger partial charge in [0.05, 0.1) is 0 Å². The lowest BCUT2D eigenvalue weighted by Gasteiger charge is -2.25. The second-order valence-electron chi connectivity index (χ2n) is 6.78. The summed E-state index contributed by atoms with van der Waals surface area (Å²) in [6, 6.07) is 20.5. The van der Waals surface area contributed by atoms with Crippen LogP contribution in [0.4, 0.5) is 0 Å². The van der Waals surface area contributed by atoms with Crippen LogP contribution in [0.1, 0.15) is 36.4 Å². The summed E-state index contributed by atoms with van der Waals surface area (Å²) < 4.78 is 0. The van der Waals surface area contributed by atoms with Crippen LogP contribution in [0, 0.1) is 0 Å². The SMILES string of the molecule is Cl.Cl.NC(CC(=O)NCC1CCCN1Cc1ccccc1)c1ccccc1. The minimum Gasteiger partial charge on any atom is -0.354 e. The van der Waals surface area contributed by atoms with E-state index < -0.39 is 0 Å². The molecule has 0 aliphatic carbocycles. The number of rotatable bonds is 7. The summed E-state index contributed by atoms with van der Waals surface area (Å²) in [5, 5.41) is 3.08. The summed E-state index contributed by atoms with van der Waals surface area (Å²) >= 11 is 0. The molecule has 1 aliphatic rings. The van der Waals surface area contributed by atoms with Crippen LogP contribution >= 0.6 is 24.8 Å². The van der Waals surface area contributed by atoms with Crippen molar-refractivity contribution in [3.8, 4) is 0 Å². The molecule has 0 spiro atoms. The zero-order valence-electron chi connectivity index (χ0n) is 15.4. The monoisotopic (exact) mass is 409 g/mol. The summed E-state index contributed by atoms with van der Waals surface area (Å²) in [4.78, 5) is 14.7. The van der Waals surface area contributed by atoms with E-state index in [1.807, 2.05) is 36.4 Å². The first-order valence-corrected chi connectivity index (χ1v) is 9.07. The Bertz CT molecular complexity index is 670. The molecule has 1 aliphatic heterocycles. The highest BCUT2D eigenvalue weighted by atomic mass is 35.5. The predicted octanol–water partition coefficient (Wildman–Crippen LogP) is 3.70. The molecular weight excluding hydrogens is 381 g/mol. The van der Waals surface area contributed by atoms with Gasteiger partial charge < -0.3 is 11.1 Å². The first-order valence-electron chi connectivity index (χ1n) is 9.07. The van der Waals surface area contributed by atoms with Gasteiger partial charge in [-0.15, -0.1) is 24.8 Å². The highest BCUT2D eigenvalue weighted by molar-refractivity contribution is 5.85. The van der Waals surface area contributed by atoms with Gasteiger partial charge in [-0.1, -0.05) is 60.7 Å². The van der Waals surface area contributed by atoms with Gasteiger partial charge in [0.25, 0.3) is 0 Å². The van der Waals surface area contributed by atoms with Gasteiger partial charge in [0.1, 0.15) is 0 Å². The molecule has 4 nitrogen and oxygen atoms in total. The number of hydrogen-bond acceptors (Lipinski definition) is 3. The number of likely N-dealkylation sites (tertiary alicyclic amines) is 1. The van der Waals surface area contributed by atoms with Crippen molar-refractivity contribution in [1.29, 1.82) is 0 Å². The van der Waals surface area contributed by atoms with Crippen LogP contribution in [0.5, 0.6) is 0 Å². The van der Waals surface area contributed by atoms with Crippen molar-refractivity contribution in [2.45, 2.75) is 37.9 Å². The molecule has 0 saturated carbocycles. The molecule has 2 aromatic rings. The molecule has 1 heterocycles. The Morgan fingerprint density at radius 3 is 2.37 bits per heavy atom. The molecule has 0 aromatic heterocycles. The topological polar surface area (TPSA) is 58.4 Å². The van der Waals surface area contributed by atoms with Crippen molar-refractivity contribution >= 4 is 30.7 Å². The minimum atomic E-state index is -0.245. The third-order valence-electron chi connectivity index (χ3n) is 4.90. The van der Waals surface area contributed by atoms with Crippen molar-refractivity contribution in [3.63, 3.8) is 0 Å². The van der Waals surface area contributed by atoms with Crippen LogP contribution < -0.4 is 11.1 Å². The van der Waals surface area contributed by atoms with Crippen molar-refractivity contribution in [1.82, 2.24) is 10.2 Å². The van der Waals surface area contributed by atoms with E-state index in [1.165, 1.54) is 12.0 Å². The molecule has 2 atom stereocenters. The molecule has 1 amide bonds. The summed E-state index contributed by atoms with van der Waals surface area (Å²) in [6.45, 7) is 2.75. The van der Waals surface area contributed by atoms with Gasteiger partial charge >= 0.3 is 0 Å². The van der Waals surface area contributed by atoms with Gasteiger partial charge in [-0.2, -0.15) is 0 Å². The van der Waals surface area contributed by atoms with Crippen molar-refractivity contribution < 1.29 is 4.79 Å². The molecular formula is C21H29Cl2N3O. The van der Waals surface area contributed by atoms with E-state index in [4.69, 9.17) is 5.73 Å². The standard InChI is InChI=1S/C21H27N3O.2ClH/c22-20(18-10-5-2-6-11-18)14-21(25)23-15-19-12-7-13-24(19)16-17-8-3-1-4-9-17;;/h1-6,8-11,19-20H,7,12-16,22H2,(H,23,25);2*1H. The Morgan fingerprint density at radius 1 is 1.07 bits per heavy atom. The Labute approximate surface area is 174 Å². The van der Waals surface area contributed by atoms with Crippen LogP contribution in [0.3, 0.4) is 0 Å².